The molecule has 0 radical (unpaired) electrons. The van der Waals surface area contributed by atoms with Crippen LogP contribution in [0.3, 0.4) is 0 Å². The third kappa shape index (κ3) is 3.52. The highest BCUT2D eigenvalue weighted by molar-refractivity contribution is 5.67. The molecule has 3 aliphatic rings. The van der Waals surface area contributed by atoms with Gasteiger partial charge in [-0.15, -0.1) is 0 Å². The van der Waals surface area contributed by atoms with Gasteiger partial charge in [0.15, 0.2) is 0 Å². The largest absolute Gasteiger partial charge is 0.378 e. The maximum absolute atomic E-state index is 13.7. The second kappa shape index (κ2) is 7.88. The van der Waals surface area contributed by atoms with Gasteiger partial charge in [-0.05, 0) is 19.3 Å². The third-order valence-corrected chi connectivity index (χ3v) is 5.80. The van der Waals surface area contributed by atoms with Crippen molar-refractivity contribution in [3.8, 4) is 11.3 Å². The highest BCUT2D eigenvalue weighted by Crippen LogP contribution is 2.37. The lowest BCUT2D eigenvalue weighted by molar-refractivity contribution is 0.0365. The summed E-state index contributed by atoms with van der Waals surface area (Å²) in [5.41, 5.74) is 5.62. The Kier molecular flexibility index (Phi) is 5.07. The van der Waals surface area contributed by atoms with Crippen LogP contribution < -0.4 is 15.5 Å². The average molecular weight is 419 g/mol. The van der Waals surface area contributed by atoms with E-state index in [0.717, 1.165) is 19.3 Å². The molecule has 3 aliphatic heterocycles. The van der Waals surface area contributed by atoms with Crippen LogP contribution in [-0.2, 0) is 9.47 Å². The number of nitrogen functional groups attached to an aromatic ring is 1. The van der Waals surface area contributed by atoms with Gasteiger partial charge in [-0.25, -0.2) is 23.7 Å². The summed E-state index contributed by atoms with van der Waals surface area (Å²) in [5, 5.41) is 0. The van der Waals surface area contributed by atoms with Crippen molar-refractivity contribution in [2.75, 3.05) is 48.4 Å². The molecule has 30 heavy (non-hydrogen) atoms. The Morgan fingerprint density at radius 3 is 2.67 bits per heavy atom. The van der Waals surface area contributed by atoms with E-state index in [9.17, 15) is 8.78 Å². The van der Waals surface area contributed by atoms with Gasteiger partial charge in [-0.2, -0.15) is 4.98 Å². The zero-order chi connectivity index (χ0) is 20.7. The first kappa shape index (κ1) is 19.3. The first-order chi connectivity index (χ1) is 14.6. The van der Waals surface area contributed by atoms with Crippen molar-refractivity contribution in [3.05, 3.63) is 18.0 Å². The zero-order valence-corrected chi connectivity index (χ0v) is 16.4. The number of ether oxygens (including phenoxy) is 2. The van der Waals surface area contributed by atoms with Crippen molar-refractivity contribution in [2.45, 2.75) is 38.0 Å². The van der Waals surface area contributed by atoms with Gasteiger partial charge in [0, 0.05) is 37.0 Å². The van der Waals surface area contributed by atoms with Gasteiger partial charge in [0.25, 0.3) is 6.43 Å². The Morgan fingerprint density at radius 1 is 1.07 bits per heavy atom. The predicted octanol–water partition coefficient (Wildman–Crippen LogP) is 2.01. The fraction of sp³-hybridized carbons (Fsp3) is 0.579. The van der Waals surface area contributed by atoms with Crippen LogP contribution >= 0.6 is 0 Å². The predicted molar refractivity (Wildman–Crippen MR) is 105 cm³/mol. The summed E-state index contributed by atoms with van der Waals surface area (Å²) < 4.78 is 38.7. The number of fused-ring (bicyclic) bond motifs is 2. The van der Waals surface area contributed by atoms with E-state index in [-0.39, 0.29) is 23.8 Å². The van der Waals surface area contributed by atoms with Crippen LogP contribution in [0.5, 0.6) is 0 Å². The number of nitrogens with zero attached hydrogens (tertiary/aromatic N) is 6. The topological polar surface area (TPSA) is 103 Å². The van der Waals surface area contributed by atoms with E-state index >= 15 is 0 Å². The molecule has 0 amide bonds. The van der Waals surface area contributed by atoms with Crippen molar-refractivity contribution >= 4 is 17.7 Å². The summed E-state index contributed by atoms with van der Waals surface area (Å²) in [6.07, 6.45) is 1.21. The van der Waals surface area contributed by atoms with Gasteiger partial charge in [-0.3, -0.25) is 0 Å². The minimum Gasteiger partial charge on any atom is -0.378 e. The number of nitrogens with two attached hydrogens (primary N) is 1. The smallest absolute Gasteiger partial charge is 0.281 e. The fourth-order valence-corrected chi connectivity index (χ4v) is 4.33. The molecule has 0 saturated carbocycles. The molecule has 2 atom stereocenters. The number of anilines is 3. The normalized spacial score (nSPS) is 24.0. The van der Waals surface area contributed by atoms with Crippen molar-refractivity contribution in [1.82, 2.24) is 19.9 Å². The molecule has 5 rings (SSSR count). The number of aromatic nitrogens is 4. The minimum absolute atomic E-state index is 0.0891. The molecule has 0 aromatic carbocycles. The fourth-order valence-electron chi connectivity index (χ4n) is 4.33. The summed E-state index contributed by atoms with van der Waals surface area (Å²) in [6.45, 7) is 3.21. The standard InChI is InChI=1S/C19H23F2N7O2/c20-17(21)16-12(10-23-18(22)26-16)13-9-14(27-4-7-29-8-5-27)25-19(24-13)28-11-1-2-15(28)30-6-3-11/h9-11,15,17H,1-8H2,(H2,22,23,26). The molecule has 2 bridgehead atoms. The number of hydrogen-bond acceptors (Lipinski definition) is 9. The second-order valence-corrected chi connectivity index (χ2v) is 7.59. The number of alkyl halides is 2. The van der Waals surface area contributed by atoms with E-state index < -0.39 is 12.1 Å². The highest BCUT2D eigenvalue weighted by Gasteiger charge is 2.39. The van der Waals surface area contributed by atoms with Crippen LogP contribution in [0.4, 0.5) is 26.5 Å². The van der Waals surface area contributed by atoms with Gasteiger partial charge in [-0.1, -0.05) is 0 Å². The minimum atomic E-state index is -2.80. The quantitative estimate of drug-likeness (QED) is 0.797. The van der Waals surface area contributed by atoms with E-state index in [1.807, 2.05) is 0 Å². The van der Waals surface area contributed by atoms with Crippen molar-refractivity contribution in [1.29, 1.82) is 0 Å². The van der Waals surface area contributed by atoms with E-state index in [0.29, 0.717) is 50.4 Å². The Labute approximate surface area is 172 Å². The molecular formula is C19H23F2N7O2. The highest BCUT2D eigenvalue weighted by atomic mass is 19.3. The number of rotatable bonds is 4. The first-order valence-electron chi connectivity index (χ1n) is 10.1. The van der Waals surface area contributed by atoms with E-state index in [2.05, 4.69) is 24.8 Å². The van der Waals surface area contributed by atoms with Crippen molar-refractivity contribution in [2.24, 2.45) is 0 Å². The van der Waals surface area contributed by atoms with Gasteiger partial charge in [0.1, 0.15) is 17.7 Å². The first-order valence-corrected chi connectivity index (χ1v) is 10.1. The Hall–Kier alpha value is -2.66. The summed E-state index contributed by atoms with van der Waals surface area (Å²) >= 11 is 0. The molecule has 0 spiro atoms. The SMILES string of the molecule is Nc1ncc(-c2cc(N3CCOCC3)nc(N3C4CCOC3CC4)n2)c(C(F)F)n1. The number of morpholine rings is 1. The number of halogens is 2. The zero-order valence-electron chi connectivity index (χ0n) is 16.4. The van der Waals surface area contributed by atoms with Crippen LogP contribution in [0, 0.1) is 0 Å². The van der Waals surface area contributed by atoms with E-state index in [1.165, 1.54) is 6.20 Å². The molecule has 2 aromatic heterocycles. The molecule has 5 heterocycles. The lowest BCUT2D eigenvalue weighted by Gasteiger charge is -2.36. The monoisotopic (exact) mass is 419 g/mol. The van der Waals surface area contributed by atoms with Crippen LogP contribution in [0.25, 0.3) is 11.3 Å². The van der Waals surface area contributed by atoms with Gasteiger partial charge in [0.2, 0.25) is 11.9 Å². The van der Waals surface area contributed by atoms with Crippen LogP contribution in [0.1, 0.15) is 31.4 Å². The Bertz CT molecular complexity index is 910. The Morgan fingerprint density at radius 2 is 1.90 bits per heavy atom. The van der Waals surface area contributed by atoms with Crippen LogP contribution in [0.15, 0.2) is 12.3 Å². The molecule has 9 nitrogen and oxygen atoms in total. The summed E-state index contributed by atoms with van der Waals surface area (Å²) in [4.78, 5) is 21.3. The lowest BCUT2D eigenvalue weighted by atomic mass is 10.1. The molecule has 11 heteroatoms. The maximum Gasteiger partial charge on any atom is 0.281 e. The third-order valence-electron chi connectivity index (χ3n) is 5.80. The average Bonchev–Trinajstić information content (AvgIpc) is 3.02. The Balaban J connectivity index is 1.62. The summed E-state index contributed by atoms with van der Waals surface area (Å²) in [5.74, 6) is 0.956. The second-order valence-electron chi connectivity index (χ2n) is 7.59. The van der Waals surface area contributed by atoms with Crippen LogP contribution in [-0.4, -0.2) is 65.1 Å². The van der Waals surface area contributed by atoms with E-state index in [1.54, 1.807) is 6.07 Å². The van der Waals surface area contributed by atoms with Gasteiger partial charge in [0.05, 0.1) is 25.5 Å². The van der Waals surface area contributed by atoms with Crippen molar-refractivity contribution in [3.63, 3.8) is 0 Å². The van der Waals surface area contributed by atoms with Gasteiger partial charge < -0.3 is 25.0 Å². The molecule has 3 fully saturated rings. The van der Waals surface area contributed by atoms with E-state index in [4.69, 9.17) is 20.2 Å². The molecule has 2 N–H and O–H groups in total. The van der Waals surface area contributed by atoms with Crippen LogP contribution in [0.2, 0.25) is 0 Å². The number of hydrogen-bond donors (Lipinski definition) is 1. The molecule has 160 valence electrons. The molecular weight excluding hydrogens is 396 g/mol. The summed E-state index contributed by atoms with van der Waals surface area (Å²) in [6, 6.07) is 2.00. The molecule has 2 aromatic rings. The summed E-state index contributed by atoms with van der Waals surface area (Å²) in [7, 11) is 0. The van der Waals surface area contributed by atoms with Gasteiger partial charge >= 0.3 is 0 Å². The van der Waals surface area contributed by atoms with Crippen molar-refractivity contribution < 1.29 is 18.3 Å². The molecule has 2 unspecified atom stereocenters. The lowest BCUT2D eigenvalue weighted by Crippen LogP contribution is -2.44. The maximum atomic E-state index is 13.7. The molecule has 0 aliphatic carbocycles. The molecule has 3 saturated heterocycles.